The van der Waals surface area contributed by atoms with Crippen LogP contribution < -0.4 is 16.8 Å². The summed E-state index contributed by atoms with van der Waals surface area (Å²) in [5.74, 6) is -4.07. The number of ketones is 1. The minimum atomic E-state index is -1.09. The van der Waals surface area contributed by atoms with Crippen LogP contribution in [0.1, 0.15) is 46.7 Å². The Morgan fingerprint density at radius 2 is 1.42 bits per heavy atom. The van der Waals surface area contributed by atoms with Crippen molar-refractivity contribution in [2.24, 2.45) is 0 Å². The third-order valence-electron chi connectivity index (χ3n) is 2.85. The normalized spacial score (nSPS) is 10.2. The number of nitrogen functional groups attached to an aromatic ring is 2. The predicted molar refractivity (Wildman–Crippen MR) is 81.3 cm³/mol. The van der Waals surface area contributed by atoms with Crippen LogP contribution >= 0.6 is 0 Å². The van der Waals surface area contributed by atoms with Gasteiger partial charge < -0.3 is 27.0 Å². The zero-order valence-electron chi connectivity index (χ0n) is 12.6. The van der Waals surface area contributed by atoms with E-state index in [9.17, 15) is 19.2 Å². The van der Waals surface area contributed by atoms with E-state index in [1.54, 1.807) is 0 Å². The van der Waals surface area contributed by atoms with Crippen LogP contribution in [0, 0.1) is 0 Å². The van der Waals surface area contributed by atoms with Gasteiger partial charge in [0.2, 0.25) is 0 Å². The average Bonchev–Trinajstić information content (AvgIpc) is 2.48. The second kappa shape index (κ2) is 8.41. The van der Waals surface area contributed by atoms with E-state index in [0.717, 1.165) is 0 Å². The minimum absolute atomic E-state index is 0.102. The van der Waals surface area contributed by atoms with E-state index >= 15 is 0 Å². The maximum absolute atomic E-state index is 11.9. The number of rotatable bonds is 9. The van der Waals surface area contributed by atoms with Gasteiger partial charge in [-0.2, -0.15) is 0 Å². The summed E-state index contributed by atoms with van der Waals surface area (Å²) in [5.41, 5.74) is 10.6. The second-order valence-corrected chi connectivity index (χ2v) is 4.76. The Balaban J connectivity index is 2.81. The van der Waals surface area contributed by atoms with Gasteiger partial charge in [-0.3, -0.25) is 19.2 Å². The number of carbonyl (C=O) groups is 4. The maximum atomic E-state index is 11.9. The molecule has 1 aromatic rings. The van der Waals surface area contributed by atoms with Gasteiger partial charge in [0, 0.05) is 19.4 Å². The topological polar surface area (TPSA) is 199 Å². The van der Waals surface area contributed by atoms with Crippen molar-refractivity contribution in [2.75, 3.05) is 18.0 Å². The summed E-state index contributed by atoms with van der Waals surface area (Å²) in [6.45, 7) is -0.134. The summed E-state index contributed by atoms with van der Waals surface area (Å²) in [6, 6.07) is 0. The molecule has 11 heteroatoms. The van der Waals surface area contributed by atoms with Crippen molar-refractivity contribution >= 4 is 35.3 Å². The standard InChI is InChI=1S/C13H17N5O6/c14-11-9(6(19)2-1-3-7(20)21)17-12(15)10(18-11)13(24)16-5-4-8(22)23/h1-5H2,(H2,14,18)(H2,15,17)(H,16,24)(H,20,21)(H,22,23). The molecule has 0 saturated carbocycles. The van der Waals surface area contributed by atoms with E-state index in [1.165, 1.54) is 0 Å². The highest BCUT2D eigenvalue weighted by Gasteiger charge is 2.20. The van der Waals surface area contributed by atoms with E-state index in [0.29, 0.717) is 0 Å². The number of anilines is 2. The Morgan fingerprint density at radius 3 is 2.00 bits per heavy atom. The molecule has 0 saturated heterocycles. The number of nitrogens with one attached hydrogen (secondary N) is 1. The van der Waals surface area contributed by atoms with Crippen LogP contribution in [0.2, 0.25) is 0 Å². The third-order valence-corrected chi connectivity index (χ3v) is 2.85. The number of aliphatic carboxylic acids is 2. The first-order valence-electron chi connectivity index (χ1n) is 6.90. The number of nitrogens with two attached hydrogens (primary N) is 2. The molecule has 0 radical (unpaired) electrons. The molecule has 11 nitrogen and oxygen atoms in total. The number of Topliss-reactive ketones (excluding diaryl/α,β-unsaturated/α-hetero) is 1. The lowest BCUT2D eigenvalue weighted by Crippen LogP contribution is -2.29. The van der Waals surface area contributed by atoms with Crippen LogP contribution in [0.3, 0.4) is 0 Å². The lowest BCUT2D eigenvalue weighted by Gasteiger charge is -2.09. The number of carboxylic acid groups (broad SMARTS) is 2. The molecule has 0 spiro atoms. The monoisotopic (exact) mass is 339 g/mol. The first-order chi connectivity index (χ1) is 11.2. The van der Waals surface area contributed by atoms with Gasteiger partial charge >= 0.3 is 11.9 Å². The van der Waals surface area contributed by atoms with Gasteiger partial charge in [0.25, 0.3) is 5.91 Å². The van der Waals surface area contributed by atoms with Crippen LogP contribution in [0.5, 0.6) is 0 Å². The number of hydrogen-bond donors (Lipinski definition) is 5. The minimum Gasteiger partial charge on any atom is -0.481 e. The smallest absolute Gasteiger partial charge is 0.305 e. The molecule has 1 amide bonds. The Kier molecular flexibility index (Phi) is 6.59. The lowest BCUT2D eigenvalue weighted by molar-refractivity contribution is -0.138. The predicted octanol–water partition coefficient (Wildman–Crippen LogP) is -0.717. The van der Waals surface area contributed by atoms with Gasteiger partial charge in [0.15, 0.2) is 28.8 Å². The van der Waals surface area contributed by atoms with Crippen LogP contribution in [-0.2, 0) is 9.59 Å². The summed E-state index contributed by atoms with van der Waals surface area (Å²) in [6.07, 6.45) is -0.464. The number of amides is 1. The largest absolute Gasteiger partial charge is 0.481 e. The molecule has 7 N–H and O–H groups in total. The van der Waals surface area contributed by atoms with Gasteiger partial charge in [-0.05, 0) is 6.42 Å². The molecule has 1 rings (SSSR count). The van der Waals surface area contributed by atoms with Crippen molar-refractivity contribution < 1.29 is 29.4 Å². The number of nitrogens with zero attached hydrogens (tertiary/aromatic N) is 2. The first-order valence-corrected chi connectivity index (χ1v) is 6.90. The summed E-state index contributed by atoms with van der Waals surface area (Å²) in [7, 11) is 0. The van der Waals surface area contributed by atoms with E-state index < -0.39 is 23.6 Å². The number of carbonyl (C=O) groups excluding carboxylic acids is 2. The average molecular weight is 339 g/mol. The molecule has 0 aliphatic carbocycles. The molecule has 0 aliphatic heterocycles. The van der Waals surface area contributed by atoms with Gasteiger partial charge in [0.05, 0.1) is 6.42 Å². The zero-order valence-corrected chi connectivity index (χ0v) is 12.6. The van der Waals surface area contributed by atoms with Crippen molar-refractivity contribution in [3.63, 3.8) is 0 Å². The van der Waals surface area contributed by atoms with Crippen molar-refractivity contribution in [3.05, 3.63) is 11.4 Å². The molecule has 1 heterocycles. The fourth-order valence-corrected chi connectivity index (χ4v) is 1.72. The van der Waals surface area contributed by atoms with Crippen LogP contribution in [0.15, 0.2) is 0 Å². The lowest BCUT2D eigenvalue weighted by atomic mass is 10.1. The third kappa shape index (κ3) is 5.51. The van der Waals surface area contributed by atoms with E-state index in [2.05, 4.69) is 15.3 Å². The molecule has 0 atom stereocenters. The van der Waals surface area contributed by atoms with Crippen molar-refractivity contribution in [1.82, 2.24) is 15.3 Å². The molecule has 1 aromatic heterocycles. The molecule has 130 valence electrons. The Bertz CT molecular complexity index is 617. The van der Waals surface area contributed by atoms with Crippen molar-refractivity contribution in [3.8, 4) is 0 Å². The molecule has 0 aliphatic rings. The number of hydrogen-bond acceptors (Lipinski definition) is 8. The molecular formula is C13H17N5O6. The fraction of sp³-hybridized carbons (Fsp3) is 0.385. The highest BCUT2D eigenvalue weighted by Crippen LogP contribution is 2.16. The summed E-state index contributed by atoms with van der Waals surface area (Å²) < 4.78 is 0. The summed E-state index contributed by atoms with van der Waals surface area (Å²) >= 11 is 0. The Hall–Kier alpha value is -3.24. The molecule has 0 unspecified atom stereocenters. The van der Waals surface area contributed by atoms with Gasteiger partial charge in [0.1, 0.15) is 0 Å². The number of carboxylic acids is 2. The molecule has 0 bridgehead atoms. The molecule has 0 aromatic carbocycles. The highest BCUT2D eigenvalue weighted by molar-refractivity contribution is 6.01. The van der Waals surface area contributed by atoms with Crippen LogP contribution in [0.25, 0.3) is 0 Å². The van der Waals surface area contributed by atoms with E-state index in [4.69, 9.17) is 21.7 Å². The van der Waals surface area contributed by atoms with Gasteiger partial charge in [-0.1, -0.05) is 0 Å². The van der Waals surface area contributed by atoms with Crippen molar-refractivity contribution in [2.45, 2.75) is 25.7 Å². The van der Waals surface area contributed by atoms with Gasteiger partial charge in [-0.25, -0.2) is 9.97 Å². The van der Waals surface area contributed by atoms with Crippen LogP contribution in [0.4, 0.5) is 11.6 Å². The van der Waals surface area contributed by atoms with Crippen molar-refractivity contribution in [1.29, 1.82) is 0 Å². The summed E-state index contributed by atoms with van der Waals surface area (Å²) in [5, 5.41) is 19.3. The second-order valence-electron chi connectivity index (χ2n) is 4.76. The zero-order chi connectivity index (χ0) is 18.3. The van der Waals surface area contributed by atoms with E-state index in [1.807, 2.05) is 0 Å². The molecule has 24 heavy (non-hydrogen) atoms. The fourth-order valence-electron chi connectivity index (χ4n) is 1.72. The quantitative estimate of drug-likeness (QED) is 0.358. The SMILES string of the molecule is Nc1nc(C(=O)NCCC(=O)O)c(N)nc1C(=O)CCCC(=O)O. The first kappa shape index (κ1) is 18.8. The maximum Gasteiger partial charge on any atom is 0.305 e. The number of aromatic nitrogens is 2. The van der Waals surface area contributed by atoms with E-state index in [-0.39, 0.29) is 55.3 Å². The van der Waals surface area contributed by atoms with Gasteiger partial charge in [-0.15, -0.1) is 0 Å². The van der Waals surface area contributed by atoms with Crippen LogP contribution in [-0.4, -0.2) is 50.4 Å². The molecule has 0 fully saturated rings. The summed E-state index contributed by atoms with van der Waals surface area (Å²) in [4.78, 5) is 52.1. The highest BCUT2D eigenvalue weighted by atomic mass is 16.4. The Morgan fingerprint density at radius 1 is 0.875 bits per heavy atom. The Labute approximate surface area is 136 Å². The molecular weight excluding hydrogens is 322 g/mol.